The van der Waals surface area contributed by atoms with Crippen molar-refractivity contribution in [1.82, 2.24) is 5.32 Å². The first kappa shape index (κ1) is 16.1. The van der Waals surface area contributed by atoms with E-state index in [0.717, 1.165) is 0 Å². The fourth-order valence-corrected chi connectivity index (χ4v) is 1.53. The van der Waals surface area contributed by atoms with E-state index in [0.29, 0.717) is 37.4 Å². The molecule has 6 nitrogen and oxygen atoms in total. The summed E-state index contributed by atoms with van der Waals surface area (Å²) in [5.41, 5.74) is 1.13. The third kappa shape index (κ3) is 6.31. The van der Waals surface area contributed by atoms with E-state index < -0.39 is 0 Å². The van der Waals surface area contributed by atoms with Gasteiger partial charge in [-0.05, 0) is 25.5 Å². The van der Waals surface area contributed by atoms with Crippen LogP contribution in [0.25, 0.3) is 0 Å². The van der Waals surface area contributed by atoms with E-state index in [1.165, 1.54) is 6.92 Å². The van der Waals surface area contributed by atoms with E-state index in [4.69, 9.17) is 9.84 Å². The summed E-state index contributed by atoms with van der Waals surface area (Å²) in [5, 5.41) is 13.8. The molecule has 1 rings (SSSR count). The van der Waals surface area contributed by atoms with Gasteiger partial charge in [0.2, 0.25) is 0 Å². The molecule has 0 spiro atoms. The van der Waals surface area contributed by atoms with Gasteiger partial charge in [-0.25, -0.2) is 4.79 Å². The summed E-state index contributed by atoms with van der Waals surface area (Å²) in [6.07, 6.45) is 0.668. The van der Waals surface area contributed by atoms with E-state index in [1.54, 1.807) is 24.3 Å². The molecule has 0 atom stereocenters. The van der Waals surface area contributed by atoms with Gasteiger partial charge in [0.1, 0.15) is 0 Å². The molecule has 0 saturated heterocycles. The number of urea groups is 1. The topological polar surface area (TPSA) is 87.7 Å². The normalized spacial score (nSPS) is 10.1. The number of amides is 2. The molecule has 110 valence electrons. The predicted molar refractivity (Wildman–Crippen MR) is 76.0 cm³/mol. The van der Waals surface area contributed by atoms with Gasteiger partial charge in [-0.2, -0.15) is 0 Å². The van der Waals surface area contributed by atoms with Crippen LogP contribution in [0, 0.1) is 0 Å². The van der Waals surface area contributed by atoms with E-state index >= 15 is 0 Å². The Labute approximate surface area is 118 Å². The van der Waals surface area contributed by atoms with Gasteiger partial charge >= 0.3 is 6.03 Å². The second-order valence-corrected chi connectivity index (χ2v) is 4.21. The molecule has 2 amide bonds. The van der Waals surface area contributed by atoms with Crippen LogP contribution >= 0.6 is 0 Å². The maximum atomic E-state index is 11.6. The van der Waals surface area contributed by atoms with E-state index in [9.17, 15) is 9.59 Å². The van der Waals surface area contributed by atoms with Crippen molar-refractivity contribution in [1.29, 1.82) is 0 Å². The third-order valence-corrected chi connectivity index (χ3v) is 2.51. The number of benzene rings is 1. The second kappa shape index (κ2) is 9.06. The van der Waals surface area contributed by atoms with Crippen LogP contribution in [-0.4, -0.2) is 43.3 Å². The molecule has 1 aromatic carbocycles. The molecule has 0 aliphatic heterocycles. The molecular weight excluding hydrogens is 260 g/mol. The second-order valence-electron chi connectivity index (χ2n) is 4.21. The van der Waals surface area contributed by atoms with Crippen molar-refractivity contribution < 1.29 is 19.4 Å². The molecule has 0 aliphatic rings. The molecule has 0 fully saturated rings. The summed E-state index contributed by atoms with van der Waals surface area (Å²) in [4.78, 5) is 22.8. The average Bonchev–Trinajstić information content (AvgIpc) is 2.43. The molecule has 6 heteroatoms. The predicted octanol–water partition coefficient (Wildman–Crippen LogP) is 1.41. The number of ketones is 1. The number of anilines is 1. The monoisotopic (exact) mass is 280 g/mol. The van der Waals surface area contributed by atoms with Gasteiger partial charge in [0, 0.05) is 24.4 Å². The first-order valence-electron chi connectivity index (χ1n) is 6.48. The molecule has 0 saturated carbocycles. The van der Waals surface area contributed by atoms with Gasteiger partial charge in [-0.15, -0.1) is 0 Å². The van der Waals surface area contributed by atoms with Crippen LogP contribution in [0.3, 0.4) is 0 Å². The molecule has 0 bridgehead atoms. The van der Waals surface area contributed by atoms with Crippen molar-refractivity contribution in [3.05, 3.63) is 29.8 Å². The minimum atomic E-state index is -0.326. The molecule has 0 unspecified atom stereocenters. The molecule has 20 heavy (non-hydrogen) atoms. The van der Waals surface area contributed by atoms with E-state index in [-0.39, 0.29) is 18.4 Å². The van der Waals surface area contributed by atoms with Crippen LogP contribution in [0.15, 0.2) is 24.3 Å². The van der Waals surface area contributed by atoms with Crippen molar-refractivity contribution >= 4 is 17.5 Å². The molecule has 0 aromatic heterocycles. The van der Waals surface area contributed by atoms with Crippen molar-refractivity contribution in [3.63, 3.8) is 0 Å². The largest absolute Gasteiger partial charge is 0.394 e. The molecular formula is C14H20N2O4. The number of hydrogen-bond donors (Lipinski definition) is 3. The highest BCUT2D eigenvalue weighted by molar-refractivity contribution is 5.96. The van der Waals surface area contributed by atoms with Gasteiger partial charge in [0.05, 0.1) is 13.2 Å². The van der Waals surface area contributed by atoms with Gasteiger partial charge < -0.3 is 20.5 Å². The highest BCUT2D eigenvalue weighted by Gasteiger charge is 2.03. The number of nitrogens with one attached hydrogen (secondary N) is 2. The number of ether oxygens (including phenoxy) is 1. The Hall–Kier alpha value is -1.92. The zero-order valence-corrected chi connectivity index (χ0v) is 11.5. The summed E-state index contributed by atoms with van der Waals surface area (Å²) in [7, 11) is 0. The maximum Gasteiger partial charge on any atom is 0.319 e. The summed E-state index contributed by atoms with van der Waals surface area (Å²) in [5.74, 6) is -0.0462. The number of carbonyl (C=O) groups is 2. The average molecular weight is 280 g/mol. The fraction of sp³-hybridized carbons (Fsp3) is 0.429. The van der Waals surface area contributed by atoms with E-state index in [1.807, 2.05) is 0 Å². The van der Waals surface area contributed by atoms with E-state index in [2.05, 4.69) is 10.6 Å². The Bertz CT molecular complexity index is 449. The van der Waals surface area contributed by atoms with Crippen LogP contribution in [0.2, 0.25) is 0 Å². The number of rotatable bonds is 8. The molecule has 0 aliphatic carbocycles. The highest BCUT2D eigenvalue weighted by Crippen LogP contribution is 2.10. The molecule has 0 radical (unpaired) electrons. The quantitative estimate of drug-likeness (QED) is 0.496. The standard InChI is InChI=1S/C14H20N2O4/c1-11(18)12-4-2-5-13(10-12)16-14(19)15-6-3-8-20-9-7-17/h2,4-5,10,17H,3,6-9H2,1H3,(H2,15,16,19). The summed E-state index contributed by atoms with van der Waals surface area (Å²) in [6, 6.07) is 6.44. The van der Waals surface area contributed by atoms with Crippen molar-refractivity contribution in [2.24, 2.45) is 0 Å². The number of aliphatic hydroxyl groups excluding tert-OH is 1. The van der Waals surface area contributed by atoms with Crippen LogP contribution in [-0.2, 0) is 4.74 Å². The fourth-order valence-electron chi connectivity index (χ4n) is 1.53. The lowest BCUT2D eigenvalue weighted by molar-refractivity contribution is 0.0910. The zero-order valence-electron chi connectivity index (χ0n) is 11.5. The molecule has 0 heterocycles. The van der Waals surface area contributed by atoms with Crippen LogP contribution in [0.4, 0.5) is 10.5 Å². The van der Waals surface area contributed by atoms with Gasteiger partial charge in [0.15, 0.2) is 5.78 Å². The van der Waals surface area contributed by atoms with Crippen LogP contribution in [0.1, 0.15) is 23.7 Å². The number of Topliss-reactive ketones (excluding diaryl/α,β-unsaturated/α-hetero) is 1. The van der Waals surface area contributed by atoms with Gasteiger partial charge in [0.25, 0.3) is 0 Å². The van der Waals surface area contributed by atoms with Gasteiger partial charge in [-0.1, -0.05) is 12.1 Å². The lowest BCUT2D eigenvalue weighted by Gasteiger charge is -2.08. The minimum absolute atomic E-state index is 0.000401. The summed E-state index contributed by atoms with van der Waals surface area (Å²) >= 11 is 0. The van der Waals surface area contributed by atoms with Crippen molar-refractivity contribution in [3.8, 4) is 0 Å². The Balaban J connectivity index is 2.28. The molecule has 1 aromatic rings. The first-order valence-corrected chi connectivity index (χ1v) is 6.48. The van der Waals surface area contributed by atoms with Crippen LogP contribution in [0.5, 0.6) is 0 Å². The minimum Gasteiger partial charge on any atom is -0.394 e. The Morgan fingerprint density at radius 3 is 2.80 bits per heavy atom. The smallest absolute Gasteiger partial charge is 0.319 e. The lowest BCUT2D eigenvalue weighted by Crippen LogP contribution is -2.30. The SMILES string of the molecule is CC(=O)c1cccc(NC(=O)NCCCOCCO)c1. The lowest BCUT2D eigenvalue weighted by atomic mass is 10.1. The number of hydrogen-bond acceptors (Lipinski definition) is 4. The number of carbonyl (C=O) groups excluding carboxylic acids is 2. The highest BCUT2D eigenvalue weighted by atomic mass is 16.5. The summed E-state index contributed by atoms with van der Waals surface area (Å²) < 4.78 is 5.07. The summed E-state index contributed by atoms with van der Waals surface area (Å²) in [6.45, 7) is 2.75. The maximum absolute atomic E-state index is 11.6. The Morgan fingerprint density at radius 1 is 1.30 bits per heavy atom. The van der Waals surface area contributed by atoms with Crippen molar-refractivity contribution in [2.75, 3.05) is 31.7 Å². The van der Waals surface area contributed by atoms with Gasteiger partial charge in [-0.3, -0.25) is 4.79 Å². The van der Waals surface area contributed by atoms with Crippen molar-refractivity contribution in [2.45, 2.75) is 13.3 Å². The number of aliphatic hydroxyl groups is 1. The Kier molecular flexibility index (Phi) is 7.31. The molecule has 3 N–H and O–H groups in total. The Morgan fingerprint density at radius 2 is 2.10 bits per heavy atom. The zero-order chi connectivity index (χ0) is 14.8. The third-order valence-electron chi connectivity index (χ3n) is 2.51. The first-order chi connectivity index (χ1) is 9.63. The van der Waals surface area contributed by atoms with Crippen LogP contribution < -0.4 is 10.6 Å².